The van der Waals surface area contributed by atoms with Gasteiger partial charge in [-0.15, -0.1) is 0 Å². The maximum atomic E-state index is 13.6. The van der Waals surface area contributed by atoms with Crippen LogP contribution < -0.4 is 15.5 Å². The minimum absolute atomic E-state index is 0.0655. The van der Waals surface area contributed by atoms with Gasteiger partial charge in [-0.1, -0.05) is 6.07 Å². The molecule has 3 aliphatic rings. The largest absolute Gasteiger partial charge is 0.395 e. The van der Waals surface area contributed by atoms with E-state index in [9.17, 15) is 13.5 Å². The fourth-order valence-electron chi connectivity index (χ4n) is 5.39. The number of hydrogen-bond acceptors (Lipinski definition) is 12. The van der Waals surface area contributed by atoms with Crippen molar-refractivity contribution in [3.05, 3.63) is 42.2 Å². The van der Waals surface area contributed by atoms with Crippen LogP contribution in [0.25, 0.3) is 11.3 Å². The maximum Gasteiger partial charge on any atom is 0.243 e. The highest BCUT2D eigenvalue weighted by molar-refractivity contribution is 7.89. The van der Waals surface area contributed by atoms with E-state index in [1.807, 2.05) is 6.07 Å². The monoisotopic (exact) mass is 567 g/mol. The first-order valence-electron chi connectivity index (χ1n) is 13.5. The predicted molar refractivity (Wildman–Crippen MR) is 150 cm³/mol. The lowest BCUT2D eigenvalue weighted by molar-refractivity contribution is 0.122. The summed E-state index contributed by atoms with van der Waals surface area (Å²) < 4.78 is 34.2. The van der Waals surface area contributed by atoms with Crippen LogP contribution in [-0.4, -0.2) is 115 Å². The molecule has 0 amide bonds. The van der Waals surface area contributed by atoms with Crippen molar-refractivity contribution in [2.45, 2.75) is 11.3 Å². The molecule has 13 nitrogen and oxygen atoms in total. The summed E-state index contributed by atoms with van der Waals surface area (Å²) in [5.41, 5.74) is 8.95. The molecule has 14 heteroatoms. The lowest BCUT2D eigenvalue weighted by Crippen LogP contribution is -2.49. The zero-order valence-electron chi connectivity index (χ0n) is 22.2. The van der Waals surface area contributed by atoms with Crippen molar-refractivity contribution >= 4 is 33.4 Å². The summed E-state index contributed by atoms with van der Waals surface area (Å²) in [4.78, 5) is 24.7. The quantitative estimate of drug-likeness (QED) is 0.405. The van der Waals surface area contributed by atoms with Gasteiger partial charge < -0.3 is 25.4 Å². The zero-order valence-corrected chi connectivity index (χ0v) is 23.0. The van der Waals surface area contributed by atoms with Gasteiger partial charge in [0.1, 0.15) is 5.82 Å². The fraction of sp³-hybridized carbons (Fsp3) is 0.462. The highest BCUT2D eigenvalue weighted by Gasteiger charge is 2.32. The number of nitrogen functional groups attached to an aromatic ring is 1. The standard InChI is InChI=1S/C26H33N9O4S/c27-25-28-17-19(18-29-25)23-22-4-5-35(24(22)31-26(30-23)33-11-14-39-15-12-33)20-2-1-3-21(16-20)40(37,38)34-8-6-32(7-9-34)10-13-36/h1-3,16-18,36H,4-15H2,(H2,27,28,29). The molecule has 1 aromatic carbocycles. The maximum absolute atomic E-state index is 13.6. The lowest BCUT2D eigenvalue weighted by Gasteiger charge is -2.33. The molecule has 3 aromatic rings. The van der Waals surface area contributed by atoms with Crippen molar-refractivity contribution in [2.75, 3.05) is 87.7 Å². The number of aromatic nitrogens is 4. The number of aliphatic hydroxyl groups is 1. The first-order valence-corrected chi connectivity index (χ1v) is 14.9. The number of morpholine rings is 1. The summed E-state index contributed by atoms with van der Waals surface area (Å²) in [6.07, 6.45) is 4.02. The number of sulfonamides is 1. The molecular formula is C26H33N9O4S. The average Bonchev–Trinajstić information content (AvgIpc) is 3.42. The summed E-state index contributed by atoms with van der Waals surface area (Å²) in [5, 5.41) is 9.20. The van der Waals surface area contributed by atoms with E-state index in [0.717, 1.165) is 28.3 Å². The molecule has 2 aromatic heterocycles. The third-order valence-corrected chi connectivity index (χ3v) is 9.46. The second kappa shape index (κ2) is 11.2. The topological polar surface area (TPSA) is 154 Å². The van der Waals surface area contributed by atoms with E-state index in [1.165, 1.54) is 4.31 Å². The van der Waals surface area contributed by atoms with Gasteiger partial charge in [-0.05, 0) is 24.6 Å². The Kier molecular flexibility index (Phi) is 7.51. The van der Waals surface area contributed by atoms with Crippen molar-refractivity contribution in [2.24, 2.45) is 0 Å². The highest BCUT2D eigenvalue weighted by Crippen LogP contribution is 2.39. The van der Waals surface area contributed by atoms with Crippen LogP contribution in [0.4, 0.5) is 23.4 Å². The van der Waals surface area contributed by atoms with Gasteiger partial charge >= 0.3 is 0 Å². The van der Waals surface area contributed by atoms with Crippen LogP contribution in [0.5, 0.6) is 0 Å². The number of aliphatic hydroxyl groups excluding tert-OH is 1. The average molecular weight is 568 g/mol. The van der Waals surface area contributed by atoms with Gasteiger partial charge in [0.2, 0.25) is 21.9 Å². The Morgan fingerprint density at radius 3 is 2.45 bits per heavy atom. The Labute approximate surface area is 233 Å². The van der Waals surface area contributed by atoms with Crippen molar-refractivity contribution in [1.82, 2.24) is 29.1 Å². The third-order valence-electron chi connectivity index (χ3n) is 7.57. The summed E-state index contributed by atoms with van der Waals surface area (Å²) in [5.74, 6) is 1.53. The summed E-state index contributed by atoms with van der Waals surface area (Å²) in [7, 11) is -3.68. The van der Waals surface area contributed by atoms with Crippen LogP contribution in [0, 0.1) is 0 Å². The van der Waals surface area contributed by atoms with Gasteiger partial charge in [0, 0.05) is 81.6 Å². The van der Waals surface area contributed by atoms with Crippen molar-refractivity contribution in [3.63, 3.8) is 0 Å². The molecule has 5 heterocycles. The Balaban J connectivity index is 1.34. The van der Waals surface area contributed by atoms with Crippen LogP contribution in [0.15, 0.2) is 41.6 Å². The Morgan fingerprint density at radius 1 is 0.975 bits per heavy atom. The molecule has 3 N–H and O–H groups in total. The highest BCUT2D eigenvalue weighted by atomic mass is 32.2. The number of anilines is 4. The smallest absolute Gasteiger partial charge is 0.243 e. The SMILES string of the molecule is Nc1ncc(-c2nc(N3CCOCC3)nc3c2CCN3c2cccc(S(=O)(=O)N3CCN(CCO)CC3)c2)cn1. The second-order valence-electron chi connectivity index (χ2n) is 9.97. The van der Waals surface area contributed by atoms with Gasteiger partial charge in [-0.3, -0.25) is 4.90 Å². The van der Waals surface area contributed by atoms with E-state index in [0.29, 0.717) is 77.9 Å². The molecule has 0 aliphatic carbocycles. The number of β-amino-alcohol motifs (C(OH)–C–C–N with tert-alkyl or cyclic N) is 1. The van der Waals surface area contributed by atoms with Crippen molar-refractivity contribution < 1.29 is 18.3 Å². The van der Waals surface area contributed by atoms with Crippen molar-refractivity contribution in [3.8, 4) is 11.3 Å². The summed E-state index contributed by atoms with van der Waals surface area (Å²) in [6, 6.07) is 7.07. The lowest BCUT2D eigenvalue weighted by atomic mass is 10.1. The van der Waals surface area contributed by atoms with Gasteiger partial charge in [-0.25, -0.2) is 23.4 Å². The molecule has 6 rings (SSSR count). The minimum atomic E-state index is -3.68. The van der Waals surface area contributed by atoms with E-state index >= 15 is 0 Å². The van der Waals surface area contributed by atoms with Crippen LogP contribution in [-0.2, 0) is 21.2 Å². The number of hydrogen-bond donors (Lipinski definition) is 2. The van der Waals surface area contributed by atoms with Gasteiger partial charge in [-0.2, -0.15) is 9.29 Å². The normalized spacial score (nSPS) is 18.7. The summed E-state index contributed by atoms with van der Waals surface area (Å²) in [6.45, 7) is 5.76. The van der Waals surface area contributed by atoms with E-state index in [4.69, 9.17) is 20.4 Å². The zero-order chi connectivity index (χ0) is 27.7. The molecule has 2 fully saturated rings. The van der Waals surface area contributed by atoms with E-state index in [2.05, 4.69) is 24.7 Å². The first-order chi connectivity index (χ1) is 19.4. The van der Waals surface area contributed by atoms with Crippen LogP contribution in [0.2, 0.25) is 0 Å². The Hall–Kier alpha value is -3.43. The number of nitrogens with two attached hydrogens (primary N) is 1. The molecule has 2 saturated heterocycles. The fourth-order valence-corrected chi connectivity index (χ4v) is 6.86. The van der Waals surface area contributed by atoms with Gasteiger partial charge in [0.25, 0.3) is 0 Å². The minimum Gasteiger partial charge on any atom is -0.395 e. The number of benzene rings is 1. The number of nitrogens with zero attached hydrogens (tertiary/aromatic N) is 8. The van der Waals surface area contributed by atoms with Crippen molar-refractivity contribution in [1.29, 1.82) is 0 Å². The molecule has 0 spiro atoms. The van der Waals surface area contributed by atoms with E-state index < -0.39 is 10.0 Å². The molecular weight excluding hydrogens is 534 g/mol. The van der Waals surface area contributed by atoms with Gasteiger partial charge in [0.15, 0.2) is 0 Å². The first kappa shape index (κ1) is 26.8. The Morgan fingerprint density at radius 2 is 1.73 bits per heavy atom. The molecule has 0 bridgehead atoms. The number of rotatable bonds is 7. The second-order valence-corrected chi connectivity index (χ2v) is 11.9. The van der Waals surface area contributed by atoms with E-state index in [1.54, 1.807) is 30.6 Å². The van der Waals surface area contributed by atoms with Crippen LogP contribution >= 0.6 is 0 Å². The molecule has 3 aliphatic heterocycles. The predicted octanol–water partition coefficient (Wildman–Crippen LogP) is 0.345. The summed E-state index contributed by atoms with van der Waals surface area (Å²) >= 11 is 0. The van der Waals surface area contributed by atoms with Crippen LogP contribution in [0.3, 0.4) is 0 Å². The molecule has 0 saturated carbocycles. The van der Waals surface area contributed by atoms with Crippen LogP contribution in [0.1, 0.15) is 5.56 Å². The van der Waals surface area contributed by atoms with E-state index in [-0.39, 0.29) is 17.5 Å². The number of ether oxygens (including phenoxy) is 1. The molecule has 0 unspecified atom stereocenters. The number of piperazine rings is 1. The number of fused-ring (bicyclic) bond motifs is 1. The molecule has 40 heavy (non-hydrogen) atoms. The third kappa shape index (κ3) is 5.20. The molecule has 212 valence electrons. The Bertz CT molecular complexity index is 1460. The van der Waals surface area contributed by atoms with Gasteiger partial charge in [0.05, 0.1) is 30.4 Å². The molecule has 0 atom stereocenters. The molecule has 0 radical (unpaired) electrons.